The zero-order valence-electron chi connectivity index (χ0n) is 16.7. The van der Waals surface area contributed by atoms with Crippen molar-refractivity contribution in [2.75, 3.05) is 24.0 Å². The Labute approximate surface area is 184 Å². The van der Waals surface area contributed by atoms with Crippen LogP contribution in [0.25, 0.3) is 21.8 Å². The fourth-order valence-electron chi connectivity index (χ4n) is 3.02. The van der Waals surface area contributed by atoms with Gasteiger partial charge in [-0.05, 0) is 50.3 Å². The number of nitrogens with one attached hydrogen (secondary N) is 1. The van der Waals surface area contributed by atoms with Gasteiger partial charge in [0.25, 0.3) is 0 Å². The number of thiazole rings is 1. The summed E-state index contributed by atoms with van der Waals surface area (Å²) >= 11 is 7.84. The third-order valence-electron chi connectivity index (χ3n) is 4.62. The van der Waals surface area contributed by atoms with E-state index in [1.807, 2.05) is 6.66 Å². The number of nitrogen functional groups attached to an aromatic ring is 1. The lowest BCUT2D eigenvalue weighted by molar-refractivity contribution is 0.445. The summed E-state index contributed by atoms with van der Waals surface area (Å²) < 4.78 is 21.1. The van der Waals surface area contributed by atoms with Gasteiger partial charge in [0.05, 0.1) is 35.1 Å². The van der Waals surface area contributed by atoms with E-state index in [9.17, 15) is 0 Å². The summed E-state index contributed by atoms with van der Waals surface area (Å²) in [5.74, 6) is 0.118. The Morgan fingerprint density at radius 1 is 1.37 bits per heavy atom. The average Bonchev–Trinajstić information content (AvgIpc) is 3.47. The zero-order valence-corrected chi connectivity index (χ0v) is 19.1. The van der Waals surface area contributed by atoms with Gasteiger partial charge >= 0.3 is 0 Å². The van der Waals surface area contributed by atoms with Gasteiger partial charge in [-0.15, -0.1) is 11.3 Å². The number of benzene rings is 1. The molecule has 1 unspecified atom stereocenters. The van der Waals surface area contributed by atoms with Crippen molar-refractivity contribution in [2.24, 2.45) is 0 Å². The molecular formula is C20H22ClFN5OPS. The van der Waals surface area contributed by atoms with Gasteiger partial charge in [-0.1, -0.05) is 18.5 Å². The second kappa shape index (κ2) is 9.10. The summed E-state index contributed by atoms with van der Waals surface area (Å²) in [6, 6.07) is 4.86. The van der Waals surface area contributed by atoms with Crippen molar-refractivity contribution in [3.8, 4) is 21.8 Å². The van der Waals surface area contributed by atoms with E-state index in [4.69, 9.17) is 26.9 Å². The maximum Gasteiger partial charge on any atom is 0.220 e. The minimum Gasteiger partial charge on any atom is -0.368 e. The second-order valence-corrected chi connectivity index (χ2v) is 10.5. The maximum absolute atomic E-state index is 15.5. The highest BCUT2D eigenvalue weighted by Crippen LogP contribution is 2.48. The summed E-state index contributed by atoms with van der Waals surface area (Å²) in [5, 5.41) is 1.37. The molecule has 1 atom stereocenters. The van der Waals surface area contributed by atoms with Gasteiger partial charge < -0.3 is 5.73 Å². The first-order valence-electron chi connectivity index (χ1n) is 9.69. The van der Waals surface area contributed by atoms with Crippen molar-refractivity contribution in [3.05, 3.63) is 40.2 Å². The Morgan fingerprint density at radius 2 is 2.17 bits per heavy atom. The largest absolute Gasteiger partial charge is 0.368 e. The molecule has 1 aliphatic rings. The van der Waals surface area contributed by atoms with Crippen molar-refractivity contribution >= 4 is 42.7 Å². The lowest BCUT2D eigenvalue weighted by Gasteiger charge is -2.15. The fourth-order valence-corrected chi connectivity index (χ4v) is 5.43. The van der Waals surface area contributed by atoms with Gasteiger partial charge in [-0.25, -0.2) is 19.3 Å². The molecule has 0 saturated heterocycles. The lowest BCUT2D eigenvalue weighted by Crippen LogP contribution is -2.02. The van der Waals surface area contributed by atoms with Crippen LogP contribution in [-0.4, -0.2) is 27.8 Å². The maximum atomic E-state index is 15.5. The number of anilines is 2. The standard InChI is InChI=1S/C20H22ClFN5OPS/c1-3-8-29(2)28-27-15-10-12(21)9-13(16(15)22)17-18(14-6-7-24-20(23)25-14)30-19(26-17)11-4-5-11/h6-7,9-11,27H,3-5,8H2,1-2H3,(H2,23,24,25). The van der Waals surface area contributed by atoms with Crippen LogP contribution in [0.15, 0.2) is 24.4 Å². The van der Waals surface area contributed by atoms with Crippen molar-refractivity contribution in [2.45, 2.75) is 32.1 Å². The third-order valence-corrected chi connectivity index (χ3v) is 7.56. The molecule has 10 heteroatoms. The summed E-state index contributed by atoms with van der Waals surface area (Å²) in [6.45, 7) is 4.08. The Balaban J connectivity index is 1.76. The summed E-state index contributed by atoms with van der Waals surface area (Å²) in [6.07, 6.45) is 5.70. The smallest absolute Gasteiger partial charge is 0.220 e. The van der Waals surface area contributed by atoms with Crippen LogP contribution in [0, 0.1) is 5.82 Å². The van der Waals surface area contributed by atoms with E-state index >= 15 is 4.39 Å². The van der Waals surface area contributed by atoms with Crippen molar-refractivity contribution in [3.63, 3.8) is 0 Å². The Bertz CT molecular complexity index is 1060. The Morgan fingerprint density at radius 3 is 2.87 bits per heavy atom. The zero-order chi connectivity index (χ0) is 21.3. The fraction of sp³-hybridized carbons (Fsp3) is 0.350. The van der Waals surface area contributed by atoms with Crippen molar-refractivity contribution in [1.82, 2.24) is 15.0 Å². The number of halogens is 2. The Kier molecular flexibility index (Phi) is 6.48. The molecule has 1 fully saturated rings. The predicted octanol–water partition coefficient (Wildman–Crippen LogP) is 6.30. The molecule has 4 rings (SSSR count). The Hall–Kier alpha value is -1.86. The number of aromatic nitrogens is 3. The molecule has 3 N–H and O–H groups in total. The highest BCUT2D eigenvalue weighted by Gasteiger charge is 2.30. The molecule has 0 radical (unpaired) electrons. The molecule has 3 aromatic rings. The molecule has 1 aliphatic carbocycles. The molecule has 0 spiro atoms. The van der Waals surface area contributed by atoms with E-state index in [-0.39, 0.29) is 11.6 Å². The van der Waals surface area contributed by atoms with E-state index in [1.54, 1.807) is 18.3 Å². The van der Waals surface area contributed by atoms with Crippen LogP contribution >= 0.6 is 31.1 Å². The molecule has 1 aromatic carbocycles. The van der Waals surface area contributed by atoms with Gasteiger partial charge in [0.1, 0.15) is 0 Å². The SMILES string of the molecule is CCCP(C)ONc1cc(Cl)cc(-c2nc(C3CC3)sc2-c2ccnc(N)n2)c1F. The highest BCUT2D eigenvalue weighted by atomic mass is 35.5. The molecular weight excluding hydrogens is 444 g/mol. The molecule has 0 amide bonds. The van der Waals surface area contributed by atoms with Crippen LogP contribution < -0.4 is 11.2 Å². The number of nitrogens with zero attached hydrogens (tertiary/aromatic N) is 3. The van der Waals surface area contributed by atoms with Gasteiger partial charge in [0, 0.05) is 22.7 Å². The van der Waals surface area contributed by atoms with E-state index in [0.29, 0.717) is 27.9 Å². The lowest BCUT2D eigenvalue weighted by atomic mass is 10.1. The first-order chi connectivity index (χ1) is 14.5. The van der Waals surface area contributed by atoms with Crippen molar-refractivity contribution < 1.29 is 9.01 Å². The van der Waals surface area contributed by atoms with E-state index in [2.05, 4.69) is 22.4 Å². The van der Waals surface area contributed by atoms with Crippen molar-refractivity contribution in [1.29, 1.82) is 0 Å². The molecule has 0 bridgehead atoms. The van der Waals surface area contributed by atoms with Crippen LogP contribution in [0.3, 0.4) is 0 Å². The van der Waals surface area contributed by atoms with Gasteiger partial charge in [0.2, 0.25) is 5.95 Å². The van der Waals surface area contributed by atoms with Gasteiger partial charge in [-0.2, -0.15) is 0 Å². The second-order valence-electron chi connectivity index (χ2n) is 7.16. The highest BCUT2D eigenvalue weighted by molar-refractivity contribution is 7.51. The summed E-state index contributed by atoms with van der Waals surface area (Å²) in [5.41, 5.74) is 10.2. The monoisotopic (exact) mass is 465 g/mol. The normalized spacial score (nSPS) is 14.7. The molecule has 1 saturated carbocycles. The van der Waals surface area contributed by atoms with Gasteiger partial charge in [-0.3, -0.25) is 10.1 Å². The van der Waals surface area contributed by atoms with Crippen LogP contribution in [0.1, 0.15) is 37.1 Å². The van der Waals surface area contributed by atoms with E-state index in [0.717, 1.165) is 35.3 Å². The molecule has 30 heavy (non-hydrogen) atoms. The average molecular weight is 466 g/mol. The van der Waals surface area contributed by atoms with Crippen LogP contribution in [0.5, 0.6) is 0 Å². The summed E-state index contributed by atoms with van der Waals surface area (Å²) in [4.78, 5) is 13.8. The minimum atomic E-state index is -0.698. The van der Waals surface area contributed by atoms with E-state index < -0.39 is 14.0 Å². The van der Waals surface area contributed by atoms with E-state index in [1.165, 1.54) is 17.4 Å². The molecule has 2 heterocycles. The number of nitrogens with two attached hydrogens (primary N) is 1. The first kappa shape index (κ1) is 21.4. The third kappa shape index (κ3) is 4.72. The molecule has 0 aliphatic heterocycles. The molecule has 158 valence electrons. The molecule has 6 nitrogen and oxygen atoms in total. The first-order valence-corrected chi connectivity index (χ1v) is 12.8. The minimum absolute atomic E-state index is 0.161. The number of hydrogen-bond donors (Lipinski definition) is 2. The van der Waals surface area contributed by atoms with Crippen LogP contribution in [0.2, 0.25) is 5.02 Å². The number of rotatable bonds is 8. The van der Waals surface area contributed by atoms with Crippen LogP contribution in [0.4, 0.5) is 16.0 Å². The summed E-state index contributed by atoms with van der Waals surface area (Å²) in [7, 11) is -0.698. The van der Waals surface area contributed by atoms with Crippen LogP contribution in [-0.2, 0) is 4.62 Å². The quantitative estimate of drug-likeness (QED) is 0.300. The topological polar surface area (TPSA) is 86.0 Å². The molecule has 2 aromatic heterocycles. The van der Waals surface area contributed by atoms with Gasteiger partial charge in [0.15, 0.2) is 5.82 Å². The number of hydrogen-bond acceptors (Lipinski definition) is 7. The predicted molar refractivity (Wildman–Crippen MR) is 123 cm³/mol.